The molecular formula is C11H13N3. The molecule has 0 saturated heterocycles. The second-order valence-corrected chi connectivity index (χ2v) is 3.28. The van der Waals surface area contributed by atoms with E-state index in [4.69, 9.17) is 11.1 Å². The first-order valence-electron chi connectivity index (χ1n) is 4.66. The minimum atomic E-state index is 0.145. The highest BCUT2D eigenvalue weighted by atomic mass is 15.2. The van der Waals surface area contributed by atoms with Crippen molar-refractivity contribution in [2.24, 2.45) is 5.73 Å². The van der Waals surface area contributed by atoms with E-state index in [1.807, 2.05) is 36.4 Å². The van der Waals surface area contributed by atoms with E-state index >= 15 is 0 Å². The molecule has 0 radical (unpaired) electrons. The number of hydrogen-bond acceptors (Lipinski definition) is 2. The molecule has 3 heteroatoms. The molecule has 72 valence electrons. The van der Waals surface area contributed by atoms with Crippen LogP contribution in [0, 0.1) is 5.41 Å². The Bertz CT molecular complexity index is 367. The lowest BCUT2D eigenvalue weighted by Crippen LogP contribution is -2.27. The Morgan fingerprint density at radius 1 is 1.29 bits per heavy atom. The van der Waals surface area contributed by atoms with Gasteiger partial charge in [-0.15, -0.1) is 0 Å². The molecule has 1 aromatic carbocycles. The van der Waals surface area contributed by atoms with Gasteiger partial charge in [0.15, 0.2) is 0 Å². The van der Waals surface area contributed by atoms with Gasteiger partial charge in [0.2, 0.25) is 0 Å². The van der Waals surface area contributed by atoms with E-state index in [0.717, 1.165) is 24.4 Å². The van der Waals surface area contributed by atoms with E-state index in [-0.39, 0.29) is 5.84 Å². The molecule has 0 unspecified atom stereocenters. The highest BCUT2D eigenvalue weighted by molar-refractivity contribution is 5.98. The summed E-state index contributed by atoms with van der Waals surface area (Å²) in [7, 11) is 0. The van der Waals surface area contributed by atoms with Crippen LogP contribution in [0.3, 0.4) is 0 Å². The first-order chi connectivity index (χ1) is 6.79. The topological polar surface area (TPSA) is 53.1 Å². The zero-order valence-corrected chi connectivity index (χ0v) is 7.90. The normalized spacial score (nSPS) is 15.4. The molecular weight excluding hydrogens is 174 g/mol. The van der Waals surface area contributed by atoms with E-state index in [1.54, 1.807) is 0 Å². The van der Waals surface area contributed by atoms with Crippen molar-refractivity contribution in [1.29, 1.82) is 5.41 Å². The Morgan fingerprint density at radius 2 is 2.00 bits per heavy atom. The van der Waals surface area contributed by atoms with Gasteiger partial charge in [0.1, 0.15) is 5.84 Å². The van der Waals surface area contributed by atoms with Gasteiger partial charge < -0.3 is 10.6 Å². The number of benzene rings is 1. The van der Waals surface area contributed by atoms with E-state index in [2.05, 4.69) is 4.90 Å². The predicted octanol–water partition coefficient (Wildman–Crippen LogP) is 1.72. The fourth-order valence-corrected chi connectivity index (χ4v) is 1.69. The fourth-order valence-electron chi connectivity index (χ4n) is 1.69. The second-order valence-electron chi connectivity index (χ2n) is 3.28. The molecule has 3 nitrogen and oxygen atoms in total. The zero-order valence-electron chi connectivity index (χ0n) is 7.90. The Hall–Kier alpha value is -1.77. The minimum absolute atomic E-state index is 0.145. The first-order valence-corrected chi connectivity index (χ1v) is 4.66. The molecule has 1 aromatic rings. The van der Waals surface area contributed by atoms with E-state index in [9.17, 15) is 0 Å². The Balaban J connectivity index is 2.29. The van der Waals surface area contributed by atoms with Crippen molar-refractivity contribution in [2.75, 3.05) is 11.4 Å². The lowest BCUT2D eigenvalue weighted by Gasteiger charge is -2.21. The Morgan fingerprint density at radius 3 is 2.64 bits per heavy atom. The highest BCUT2D eigenvalue weighted by Crippen LogP contribution is 2.23. The molecule has 0 spiro atoms. The number of nitrogens with zero attached hydrogens (tertiary/aromatic N) is 1. The van der Waals surface area contributed by atoms with Crippen LogP contribution in [0.5, 0.6) is 0 Å². The molecule has 2 rings (SSSR count). The summed E-state index contributed by atoms with van der Waals surface area (Å²) in [6.45, 7) is 0.916. The third kappa shape index (κ3) is 1.48. The van der Waals surface area contributed by atoms with Crippen LogP contribution in [-0.4, -0.2) is 12.4 Å². The van der Waals surface area contributed by atoms with Crippen molar-refractivity contribution in [3.8, 4) is 0 Å². The van der Waals surface area contributed by atoms with Crippen LogP contribution in [0.15, 0.2) is 42.1 Å². The predicted molar refractivity (Wildman–Crippen MR) is 58.4 cm³/mol. The number of para-hydroxylation sites is 1. The summed E-state index contributed by atoms with van der Waals surface area (Å²) >= 11 is 0. The van der Waals surface area contributed by atoms with Gasteiger partial charge in [-0.05, 0) is 18.6 Å². The minimum Gasteiger partial charge on any atom is -0.382 e. The largest absolute Gasteiger partial charge is 0.382 e. The molecule has 1 aliphatic rings. The monoisotopic (exact) mass is 187 g/mol. The van der Waals surface area contributed by atoms with Crippen LogP contribution in [-0.2, 0) is 0 Å². The van der Waals surface area contributed by atoms with Gasteiger partial charge in [-0.2, -0.15) is 0 Å². The third-order valence-electron chi connectivity index (χ3n) is 2.33. The quantitative estimate of drug-likeness (QED) is 0.547. The van der Waals surface area contributed by atoms with Crippen molar-refractivity contribution in [3.63, 3.8) is 0 Å². The summed E-state index contributed by atoms with van der Waals surface area (Å²) in [4.78, 5) is 2.07. The molecule has 3 N–H and O–H groups in total. The summed E-state index contributed by atoms with van der Waals surface area (Å²) in [5.41, 5.74) is 7.43. The SMILES string of the molecule is N=C(N)C1=CCCN1c1ccccc1. The summed E-state index contributed by atoms with van der Waals surface area (Å²) in [6.07, 6.45) is 2.97. The molecule has 14 heavy (non-hydrogen) atoms. The van der Waals surface area contributed by atoms with Crippen LogP contribution < -0.4 is 10.6 Å². The molecule has 0 aromatic heterocycles. The number of nitrogens with two attached hydrogens (primary N) is 1. The molecule has 0 amide bonds. The Labute approximate surface area is 83.3 Å². The van der Waals surface area contributed by atoms with Crippen LogP contribution in [0.25, 0.3) is 0 Å². The number of rotatable bonds is 2. The van der Waals surface area contributed by atoms with Crippen molar-refractivity contribution in [2.45, 2.75) is 6.42 Å². The molecule has 0 atom stereocenters. The molecule has 0 saturated carbocycles. The fraction of sp³-hybridized carbons (Fsp3) is 0.182. The maximum Gasteiger partial charge on any atom is 0.139 e. The maximum absolute atomic E-state index is 7.44. The van der Waals surface area contributed by atoms with Gasteiger partial charge in [-0.25, -0.2) is 0 Å². The standard InChI is InChI=1S/C11H13N3/c12-11(13)10-7-4-8-14(10)9-5-2-1-3-6-9/h1-3,5-7H,4,8H2,(H3,12,13). The van der Waals surface area contributed by atoms with Crippen LogP contribution in [0.2, 0.25) is 0 Å². The van der Waals surface area contributed by atoms with Gasteiger partial charge in [-0.3, -0.25) is 5.41 Å². The average molecular weight is 187 g/mol. The van der Waals surface area contributed by atoms with Crippen LogP contribution in [0.1, 0.15) is 6.42 Å². The van der Waals surface area contributed by atoms with Crippen LogP contribution >= 0.6 is 0 Å². The lowest BCUT2D eigenvalue weighted by atomic mass is 10.3. The van der Waals surface area contributed by atoms with Crippen molar-refractivity contribution < 1.29 is 0 Å². The van der Waals surface area contributed by atoms with E-state index in [0.29, 0.717) is 0 Å². The number of anilines is 1. The zero-order chi connectivity index (χ0) is 9.97. The van der Waals surface area contributed by atoms with Gasteiger partial charge in [0.25, 0.3) is 0 Å². The van der Waals surface area contributed by atoms with Gasteiger partial charge in [0, 0.05) is 12.2 Å². The van der Waals surface area contributed by atoms with E-state index < -0.39 is 0 Å². The molecule has 1 heterocycles. The maximum atomic E-state index is 7.44. The van der Waals surface area contributed by atoms with Crippen LogP contribution in [0.4, 0.5) is 5.69 Å². The van der Waals surface area contributed by atoms with Crippen molar-refractivity contribution >= 4 is 11.5 Å². The number of nitrogens with one attached hydrogen (secondary N) is 1. The number of amidine groups is 1. The van der Waals surface area contributed by atoms with Crippen molar-refractivity contribution in [1.82, 2.24) is 0 Å². The highest BCUT2D eigenvalue weighted by Gasteiger charge is 2.18. The molecule has 0 fully saturated rings. The van der Waals surface area contributed by atoms with Gasteiger partial charge in [0.05, 0.1) is 5.70 Å². The molecule has 1 aliphatic heterocycles. The molecule has 0 aliphatic carbocycles. The molecule has 0 bridgehead atoms. The number of hydrogen-bond donors (Lipinski definition) is 2. The van der Waals surface area contributed by atoms with Gasteiger partial charge >= 0.3 is 0 Å². The van der Waals surface area contributed by atoms with E-state index in [1.165, 1.54) is 0 Å². The third-order valence-corrected chi connectivity index (χ3v) is 2.33. The van der Waals surface area contributed by atoms with Gasteiger partial charge in [-0.1, -0.05) is 24.3 Å². The first kappa shape index (κ1) is 8.81. The smallest absolute Gasteiger partial charge is 0.139 e. The summed E-state index contributed by atoms with van der Waals surface area (Å²) < 4.78 is 0. The summed E-state index contributed by atoms with van der Waals surface area (Å²) in [6, 6.07) is 10.0. The second kappa shape index (κ2) is 3.54. The Kier molecular flexibility index (Phi) is 2.23. The van der Waals surface area contributed by atoms with Crippen molar-refractivity contribution in [3.05, 3.63) is 42.1 Å². The average Bonchev–Trinajstić information content (AvgIpc) is 2.67. The lowest BCUT2D eigenvalue weighted by molar-refractivity contribution is 0.984. The summed E-state index contributed by atoms with van der Waals surface area (Å²) in [5, 5.41) is 7.44. The summed E-state index contributed by atoms with van der Waals surface area (Å²) in [5.74, 6) is 0.145.